The van der Waals surface area contributed by atoms with E-state index in [0.29, 0.717) is 6.04 Å². The molecule has 4 heteroatoms. The Bertz CT molecular complexity index is 296. The maximum absolute atomic E-state index is 3.52. The predicted molar refractivity (Wildman–Crippen MR) is 71.3 cm³/mol. The smallest absolute Gasteiger partial charge is 0.0230 e. The first-order chi connectivity index (χ1) is 8.36. The molecule has 96 valence electrons. The van der Waals surface area contributed by atoms with Gasteiger partial charge >= 0.3 is 0 Å². The summed E-state index contributed by atoms with van der Waals surface area (Å²) in [5.41, 5.74) is 1.31. The van der Waals surface area contributed by atoms with Crippen LogP contribution in [0.15, 0.2) is 18.3 Å². The Morgan fingerprint density at radius 2 is 2.41 bits per heavy atom. The van der Waals surface area contributed by atoms with Gasteiger partial charge < -0.3 is 20.5 Å². The summed E-state index contributed by atoms with van der Waals surface area (Å²) in [6.07, 6.45) is 4.30. The van der Waals surface area contributed by atoms with E-state index in [2.05, 4.69) is 39.7 Å². The van der Waals surface area contributed by atoms with Gasteiger partial charge in [-0.2, -0.15) is 0 Å². The molecule has 0 aliphatic carbocycles. The van der Waals surface area contributed by atoms with Crippen molar-refractivity contribution in [2.45, 2.75) is 18.9 Å². The van der Waals surface area contributed by atoms with Crippen LogP contribution in [0.25, 0.3) is 0 Å². The molecule has 1 atom stereocenters. The molecule has 1 aliphatic heterocycles. The molecule has 3 N–H and O–H groups in total. The van der Waals surface area contributed by atoms with Crippen LogP contribution in [-0.4, -0.2) is 55.7 Å². The fourth-order valence-corrected chi connectivity index (χ4v) is 2.32. The zero-order chi connectivity index (χ0) is 11.9. The molecule has 1 aromatic rings. The second kappa shape index (κ2) is 6.79. The van der Waals surface area contributed by atoms with E-state index in [9.17, 15) is 0 Å². The van der Waals surface area contributed by atoms with Gasteiger partial charge in [-0.25, -0.2) is 0 Å². The SMILES string of the molecule is CN1CCNCC1CCNCCc1ccc[nH]1. The summed E-state index contributed by atoms with van der Waals surface area (Å²) in [5.74, 6) is 0. The number of rotatable bonds is 6. The van der Waals surface area contributed by atoms with E-state index in [1.807, 2.05) is 6.20 Å². The molecule has 1 aliphatic rings. The van der Waals surface area contributed by atoms with Crippen LogP contribution in [0.1, 0.15) is 12.1 Å². The first kappa shape index (κ1) is 12.6. The van der Waals surface area contributed by atoms with E-state index >= 15 is 0 Å². The molecule has 1 fully saturated rings. The molecule has 1 unspecified atom stereocenters. The summed E-state index contributed by atoms with van der Waals surface area (Å²) in [6.45, 7) is 5.61. The van der Waals surface area contributed by atoms with Crippen LogP contribution in [0.5, 0.6) is 0 Å². The lowest BCUT2D eigenvalue weighted by Crippen LogP contribution is -2.50. The van der Waals surface area contributed by atoms with E-state index in [1.54, 1.807) is 0 Å². The molecule has 17 heavy (non-hydrogen) atoms. The maximum Gasteiger partial charge on any atom is 0.0230 e. The normalized spacial score (nSPS) is 21.8. The fraction of sp³-hybridized carbons (Fsp3) is 0.692. The number of nitrogens with zero attached hydrogens (tertiary/aromatic N) is 1. The number of H-pyrrole nitrogens is 1. The highest BCUT2D eigenvalue weighted by atomic mass is 15.2. The molecule has 2 rings (SSSR count). The molecule has 0 saturated carbocycles. The summed E-state index contributed by atoms with van der Waals surface area (Å²) in [7, 11) is 2.23. The minimum atomic E-state index is 0.696. The van der Waals surface area contributed by atoms with Gasteiger partial charge in [0, 0.05) is 44.1 Å². The van der Waals surface area contributed by atoms with Crippen molar-refractivity contribution in [3.05, 3.63) is 24.0 Å². The van der Waals surface area contributed by atoms with Crippen molar-refractivity contribution < 1.29 is 0 Å². The molecule has 1 saturated heterocycles. The summed E-state index contributed by atoms with van der Waals surface area (Å²) < 4.78 is 0. The maximum atomic E-state index is 3.52. The van der Waals surface area contributed by atoms with Crippen molar-refractivity contribution in [3.8, 4) is 0 Å². The van der Waals surface area contributed by atoms with Crippen LogP contribution in [-0.2, 0) is 6.42 Å². The molecule has 0 spiro atoms. The third-order valence-electron chi connectivity index (χ3n) is 3.53. The Morgan fingerprint density at radius 1 is 1.47 bits per heavy atom. The van der Waals surface area contributed by atoms with Crippen molar-refractivity contribution in [1.29, 1.82) is 0 Å². The van der Waals surface area contributed by atoms with E-state index in [4.69, 9.17) is 0 Å². The number of likely N-dealkylation sites (N-methyl/N-ethyl adjacent to an activating group) is 1. The largest absolute Gasteiger partial charge is 0.365 e. The van der Waals surface area contributed by atoms with Crippen LogP contribution in [0.2, 0.25) is 0 Å². The molecular weight excluding hydrogens is 212 g/mol. The van der Waals surface area contributed by atoms with Crippen LogP contribution in [0.3, 0.4) is 0 Å². The second-order valence-corrected chi connectivity index (χ2v) is 4.82. The lowest BCUT2D eigenvalue weighted by molar-refractivity contribution is 0.190. The van der Waals surface area contributed by atoms with Crippen molar-refractivity contribution >= 4 is 0 Å². The van der Waals surface area contributed by atoms with Crippen LogP contribution >= 0.6 is 0 Å². The molecule has 0 amide bonds. The number of aromatic amines is 1. The van der Waals surface area contributed by atoms with Gasteiger partial charge in [-0.3, -0.25) is 0 Å². The third kappa shape index (κ3) is 4.15. The van der Waals surface area contributed by atoms with Crippen molar-refractivity contribution in [3.63, 3.8) is 0 Å². The van der Waals surface area contributed by atoms with Gasteiger partial charge in [-0.15, -0.1) is 0 Å². The van der Waals surface area contributed by atoms with Gasteiger partial charge in [0.15, 0.2) is 0 Å². The van der Waals surface area contributed by atoms with Gasteiger partial charge in [-0.1, -0.05) is 0 Å². The number of hydrogen-bond donors (Lipinski definition) is 3. The molecule has 4 nitrogen and oxygen atoms in total. The summed E-state index contributed by atoms with van der Waals surface area (Å²) in [4.78, 5) is 5.69. The number of piperazine rings is 1. The van der Waals surface area contributed by atoms with E-state index in [1.165, 1.54) is 18.7 Å². The van der Waals surface area contributed by atoms with Gasteiger partial charge in [0.05, 0.1) is 0 Å². The molecular formula is C13H24N4. The monoisotopic (exact) mass is 236 g/mol. The lowest BCUT2D eigenvalue weighted by Gasteiger charge is -2.33. The van der Waals surface area contributed by atoms with Gasteiger partial charge in [0.25, 0.3) is 0 Å². The topological polar surface area (TPSA) is 43.1 Å². The molecule has 2 heterocycles. The summed E-state index contributed by atoms with van der Waals surface area (Å²) >= 11 is 0. The molecule has 0 bridgehead atoms. The van der Waals surface area contributed by atoms with Crippen LogP contribution in [0, 0.1) is 0 Å². The average Bonchev–Trinajstić information content (AvgIpc) is 2.84. The zero-order valence-electron chi connectivity index (χ0n) is 10.7. The van der Waals surface area contributed by atoms with Crippen molar-refractivity contribution in [2.24, 2.45) is 0 Å². The molecule has 1 aromatic heterocycles. The first-order valence-corrected chi connectivity index (χ1v) is 6.60. The zero-order valence-corrected chi connectivity index (χ0v) is 10.7. The Hall–Kier alpha value is -0.840. The Balaban J connectivity index is 1.53. The fourth-order valence-electron chi connectivity index (χ4n) is 2.32. The predicted octanol–water partition coefficient (Wildman–Crippen LogP) is 0.441. The number of hydrogen-bond acceptors (Lipinski definition) is 3. The Labute approximate surface area is 104 Å². The van der Waals surface area contributed by atoms with Gasteiger partial charge in [0.1, 0.15) is 0 Å². The second-order valence-electron chi connectivity index (χ2n) is 4.82. The minimum Gasteiger partial charge on any atom is -0.365 e. The summed E-state index contributed by atoms with van der Waals surface area (Å²) in [5, 5.41) is 6.97. The van der Waals surface area contributed by atoms with Crippen LogP contribution < -0.4 is 10.6 Å². The highest BCUT2D eigenvalue weighted by Crippen LogP contribution is 2.03. The van der Waals surface area contributed by atoms with Crippen molar-refractivity contribution in [2.75, 3.05) is 39.8 Å². The molecule has 0 radical (unpaired) electrons. The number of nitrogens with one attached hydrogen (secondary N) is 3. The Kier molecular flexibility index (Phi) is 5.04. The standard InChI is InChI=1S/C13H24N4/c1-17-10-9-15-11-13(17)5-8-14-7-4-12-3-2-6-16-12/h2-3,6,13-16H,4-5,7-11H2,1H3. The highest BCUT2D eigenvalue weighted by Gasteiger charge is 2.17. The van der Waals surface area contributed by atoms with Crippen LogP contribution in [0.4, 0.5) is 0 Å². The number of aromatic nitrogens is 1. The van der Waals surface area contributed by atoms with Gasteiger partial charge in [0.2, 0.25) is 0 Å². The molecule has 0 aromatic carbocycles. The quantitative estimate of drug-likeness (QED) is 0.628. The van der Waals surface area contributed by atoms with Crippen molar-refractivity contribution in [1.82, 2.24) is 20.5 Å². The summed E-state index contributed by atoms with van der Waals surface area (Å²) in [6, 6.07) is 4.89. The van der Waals surface area contributed by atoms with E-state index < -0.39 is 0 Å². The van der Waals surface area contributed by atoms with E-state index in [-0.39, 0.29) is 0 Å². The minimum absolute atomic E-state index is 0.696. The third-order valence-corrected chi connectivity index (χ3v) is 3.53. The Morgan fingerprint density at radius 3 is 3.18 bits per heavy atom. The average molecular weight is 236 g/mol. The first-order valence-electron chi connectivity index (χ1n) is 6.60. The highest BCUT2D eigenvalue weighted by molar-refractivity contribution is 5.03. The lowest BCUT2D eigenvalue weighted by atomic mass is 10.1. The van der Waals surface area contributed by atoms with E-state index in [0.717, 1.165) is 32.6 Å². The van der Waals surface area contributed by atoms with Gasteiger partial charge in [-0.05, 0) is 38.6 Å².